The molecule has 1 atom stereocenters. The molecule has 10 heteroatoms. The molecule has 140 valence electrons. The summed E-state index contributed by atoms with van der Waals surface area (Å²) < 4.78 is 29.1. The lowest BCUT2D eigenvalue weighted by Gasteiger charge is -2.06. The van der Waals surface area contributed by atoms with E-state index in [0.717, 1.165) is 29.5 Å². The molecule has 1 unspecified atom stereocenters. The van der Waals surface area contributed by atoms with Gasteiger partial charge in [-0.3, -0.25) is 0 Å². The second-order valence-electron chi connectivity index (χ2n) is 5.32. The highest BCUT2D eigenvalue weighted by atomic mass is 35.5. The summed E-state index contributed by atoms with van der Waals surface area (Å²) in [5.41, 5.74) is 0.445. The summed E-state index contributed by atoms with van der Waals surface area (Å²) in [6.07, 6.45) is 0. The van der Waals surface area contributed by atoms with Crippen molar-refractivity contribution in [3.8, 4) is 22.6 Å². The predicted molar refractivity (Wildman–Crippen MR) is 101 cm³/mol. The van der Waals surface area contributed by atoms with Crippen molar-refractivity contribution < 1.29 is 28.7 Å². The van der Waals surface area contributed by atoms with Crippen LogP contribution in [0.15, 0.2) is 46.7 Å². The first kappa shape index (κ1) is 19.2. The predicted octanol–water partition coefficient (Wildman–Crippen LogP) is 4.45. The van der Waals surface area contributed by atoms with Crippen LogP contribution in [0.4, 0.5) is 10.1 Å². The summed E-state index contributed by atoms with van der Waals surface area (Å²) in [5.74, 6) is -2.49. The van der Waals surface area contributed by atoms with E-state index in [-0.39, 0.29) is 26.9 Å². The maximum atomic E-state index is 13.5. The van der Waals surface area contributed by atoms with Crippen LogP contribution in [0.1, 0.15) is 10.4 Å². The number of aromatic carboxylic acids is 1. The van der Waals surface area contributed by atoms with E-state index < -0.39 is 28.5 Å². The average Bonchev–Trinajstić information content (AvgIpc) is 2.98. The van der Waals surface area contributed by atoms with Gasteiger partial charge in [-0.15, -0.1) is 11.3 Å². The van der Waals surface area contributed by atoms with Crippen molar-refractivity contribution in [1.82, 2.24) is 0 Å². The molecule has 0 fully saturated rings. The van der Waals surface area contributed by atoms with Gasteiger partial charge < -0.3 is 20.0 Å². The average molecular weight is 428 g/mol. The fourth-order valence-corrected chi connectivity index (χ4v) is 4.80. The van der Waals surface area contributed by atoms with Gasteiger partial charge in [0.25, 0.3) is 0 Å². The van der Waals surface area contributed by atoms with Crippen LogP contribution in [0.5, 0.6) is 11.5 Å². The molecule has 0 saturated carbocycles. The van der Waals surface area contributed by atoms with Crippen molar-refractivity contribution in [2.75, 3.05) is 4.72 Å². The summed E-state index contributed by atoms with van der Waals surface area (Å²) >= 11 is 7.13. The number of thiophene rings is 1. The Morgan fingerprint density at radius 3 is 2.48 bits per heavy atom. The minimum absolute atomic E-state index is 0.169. The topological polar surface area (TPSA) is 107 Å². The van der Waals surface area contributed by atoms with Crippen LogP contribution in [-0.2, 0) is 11.0 Å². The minimum Gasteiger partial charge on any atom is -0.507 e. The Labute approximate surface area is 164 Å². The number of carboxylic acid groups (broad SMARTS) is 1. The monoisotopic (exact) mass is 427 g/mol. The molecular weight excluding hydrogens is 417 g/mol. The molecule has 0 bridgehead atoms. The number of carbonyl (C=O) groups is 1. The summed E-state index contributed by atoms with van der Waals surface area (Å²) in [4.78, 5) is 10.9. The van der Waals surface area contributed by atoms with E-state index in [9.17, 15) is 23.6 Å². The number of aromatic hydroxyl groups is 2. The Hall–Kier alpha value is -2.62. The first-order valence-electron chi connectivity index (χ1n) is 7.29. The second-order valence-corrected chi connectivity index (χ2v) is 8.42. The van der Waals surface area contributed by atoms with Gasteiger partial charge in [-0.25, -0.2) is 13.4 Å². The molecule has 1 aromatic heterocycles. The van der Waals surface area contributed by atoms with Crippen molar-refractivity contribution in [2.45, 2.75) is 4.21 Å². The Balaban J connectivity index is 1.87. The van der Waals surface area contributed by atoms with Crippen LogP contribution < -0.4 is 4.72 Å². The summed E-state index contributed by atoms with van der Waals surface area (Å²) in [7, 11) is -1.78. The zero-order valence-corrected chi connectivity index (χ0v) is 15.7. The first-order chi connectivity index (χ1) is 12.8. The number of phenolic OH excluding ortho intramolecular Hbond substituents is 1. The van der Waals surface area contributed by atoms with Gasteiger partial charge >= 0.3 is 5.97 Å². The van der Waals surface area contributed by atoms with Gasteiger partial charge in [-0.2, -0.15) is 0 Å². The molecule has 3 rings (SSSR count). The lowest BCUT2D eigenvalue weighted by Crippen LogP contribution is -2.04. The molecule has 1 heterocycles. The number of rotatable bonds is 5. The molecule has 0 spiro atoms. The van der Waals surface area contributed by atoms with E-state index >= 15 is 0 Å². The number of halogens is 2. The zero-order valence-electron chi connectivity index (χ0n) is 13.3. The van der Waals surface area contributed by atoms with E-state index in [1.54, 1.807) is 0 Å². The van der Waals surface area contributed by atoms with Crippen molar-refractivity contribution in [1.29, 1.82) is 0 Å². The fraction of sp³-hybridized carbons (Fsp3) is 0. The maximum absolute atomic E-state index is 13.5. The normalized spacial score (nSPS) is 11.9. The van der Waals surface area contributed by atoms with Crippen LogP contribution in [0.2, 0.25) is 4.34 Å². The Morgan fingerprint density at radius 1 is 1.07 bits per heavy atom. The Morgan fingerprint density at radius 2 is 1.81 bits per heavy atom. The van der Waals surface area contributed by atoms with Crippen molar-refractivity contribution >= 4 is 45.6 Å². The van der Waals surface area contributed by atoms with Gasteiger partial charge in [-0.1, -0.05) is 11.6 Å². The van der Waals surface area contributed by atoms with Gasteiger partial charge in [0.05, 0.1) is 5.69 Å². The molecular formula is C17H11ClFNO5S2. The van der Waals surface area contributed by atoms with Crippen molar-refractivity contribution in [2.24, 2.45) is 0 Å². The Kier molecular flexibility index (Phi) is 5.36. The highest BCUT2D eigenvalue weighted by Crippen LogP contribution is 2.41. The SMILES string of the molecule is O=C(O)c1ccc(NS(=O)c2cc(-c3cc(F)ccc3O)c(Cl)s2)cc1O. The lowest BCUT2D eigenvalue weighted by molar-refractivity contribution is 0.0694. The van der Waals surface area contributed by atoms with Gasteiger partial charge in [0, 0.05) is 17.2 Å². The third-order valence-corrected chi connectivity index (χ3v) is 6.30. The van der Waals surface area contributed by atoms with Crippen LogP contribution in [0.3, 0.4) is 0 Å². The smallest absolute Gasteiger partial charge is 0.339 e. The standard InChI is InChI=1S/C17H11ClFNO5S2/c18-16-12(11-5-8(19)1-4-13(11)21)7-15(26-16)27(25)20-9-2-3-10(17(23)24)14(22)6-9/h1-7,20-22H,(H,23,24). The van der Waals surface area contributed by atoms with E-state index in [0.29, 0.717) is 9.77 Å². The number of nitrogens with one attached hydrogen (secondary N) is 1. The van der Waals surface area contributed by atoms with Gasteiger partial charge in [-0.05, 0) is 36.4 Å². The number of phenols is 2. The second kappa shape index (κ2) is 7.55. The quantitative estimate of drug-likeness (QED) is 0.481. The molecule has 0 saturated heterocycles. The van der Waals surface area contributed by atoms with E-state index in [1.165, 1.54) is 24.3 Å². The molecule has 27 heavy (non-hydrogen) atoms. The maximum Gasteiger partial charge on any atom is 0.339 e. The summed E-state index contributed by atoms with van der Waals surface area (Å²) in [6.45, 7) is 0. The highest BCUT2D eigenvalue weighted by molar-refractivity contribution is 7.88. The van der Waals surface area contributed by atoms with Crippen molar-refractivity contribution in [3.63, 3.8) is 0 Å². The fourth-order valence-electron chi connectivity index (χ4n) is 2.28. The lowest BCUT2D eigenvalue weighted by atomic mass is 10.1. The largest absolute Gasteiger partial charge is 0.507 e. The third kappa shape index (κ3) is 4.05. The van der Waals surface area contributed by atoms with Gasteiger partial charge in [0.1, 0.15) is 31.4 Å². The number of carboxylic acids is 1. The van der Waals surface area contributed by atoms with Crippen LogP contribution in [-0.4, -0.2) is 25.5 Å². The molecule has 4 N–H and O–H groups in total. The number of anilines is 1. The molecule has 0 radical (unpaired) electrons. The van der Waals surface area contributed by atoms with Crippen LogP contribution in [0, 0.1) is 5.82 Å². The van der Waals surface area contributed by atoms with E-state index in [4.69, 9.17) is 16.7 Å². The van der Waals surface area contributed by atoms with Gasteiger partial charge in [0.2, 0.25) is 0 Å². The van der Waals surface area contributed by atoms with Crippen LogP contribution >= 0.6 is 22.9 Å². The number of benzene rings is 2. The molecule has 0 aliphatic carbocycles. The molecule has 0 aliphatic rings. The third-order valence-electron chi connectivity index (χ3n) is 3.53. The Bertz CT molecular complexity index is 1070. The summed E-state index contributed by atoms with van der Waals surface area (Å²) in [5, 5.41) is 28.5. The van der Waals surface area contributed by atoms with Gasteiger partial charge in [0.15, 0.2) is 11.0 Å². The molecule has 3 aromatic rings. The number of hydrogen-bond acceptors (Lipinski definition) is 5. The minimum atomic E-state index is -1.78. The molecule has 2 aromatic carbocycles. The zero-order chi connectivity index (χ0) is 19.7. The van der Waals surface area contributed by atoms with Crippen LogP contribution in [0.25, 0.3) is 11.1 Å². The highest BCUT2D eigenvalue weighted by Gasteiger charge is 2.18. The molecule has 6 nitrogen and oxygen atoms in total. The first-order valence-corrected chi connectivity index (χ1v) is 9.63. The van der Waals surface area contributed by atoms with Crippen molar-refractivity contribution in [3.05, 3.63) is 58.2 Å². The van der Waals surface area contributed by atoms with E-state index in [1.807, 2.05) is 0 Å². The summed E-state index contributed by atoms with van der Waals surface area (Å²) in [6, 6.07) is 8.54. The number of hydrogen-bond donors (Lipinski definition) is 4. The van der Waals surface area contributed by atoms with E-state index in [2.05, 4.69) is 4.72 Å². The molecule has 0 amide bonds. The molecule has 0 aliphatic heterocycles.